The average molecular weight is 250 g/mol. The van der Waals surface area contributed by atoms with Crippen molar-refractivity contribution in [2.24, 2.45) is 0 Å². The molecule has 1 aliphatic carbocycles. The molecule has 0 aliphatic heterocycles. The predicted molar refractivity (Wildman–Crippen MR) is 73.6 cm³/mol. The van der Waals surface area contributed by atoms with Crippen LogP contribution in [0.25, 0.3) is 0 Å². The first-order valence-electron chi connectivity index (χ1n) is 7.43. The van der Waals surface area contributed by atoms with Crippen molar-refractivity contribution in [3.8, 4) is 0 Å². The fourth-order valence-corrected chi connectivity index (χ4v) is 3.04. The molecule has 3 heteroatoms. The van der Waals surface area contributed by atoms with Gasteiger partial charge < -0.3 is 5.11 Å². The van der Waals surface area contributed by atoms with Crippen LogP contribution in [-0.4, -0.2) is 20.5 Å². The van der Waals surface area contributed by atoms with Crippen LogP contribution in [0.5, 0.6) is 0 Å². The van der Waals surface area contributed by atoms with Gasteiger partial charge in [-0.05, 0) is 31.7 Å². The molecule has 0 saturated heterocycles. The Morgan fingerprint density at radius 2 is 2.11 bits per heavy atom. The molecule has 1 aromatic rings. The van der Waals surface area contributed by atoms with E-state index in [1.54, 1.807) is 0 Å². The van der Waals surface area contributed by atoms with E-state index in [0.717, 1.165) is 25.0 Å². The van der Waals surface area contributed by atoms with Gasteiger partial charge in [-0.1, -0.05) is 33.1 Å². The Morgan fingerprint density at radius 3 is 2.72 bits per heavy atom. The van der Waals surface area contributed by atoms with E-state index in [2.05, 4.69) is 35.9 Å². The summed E-state index contributed by atoms with van der Waals surface area (Å²) in [4.78, 5) is 0. The lowest BCUT2D eigenvalue weighted by Crippen LogP contribution is -2.30. The zero-order valence-corrected chi connectivity index (χ0v) is 11.7. The van der Waals surface area contributed by atoms with E-state index in [0.29, 0.717) is 12.5 Å². The van der Waals surface area contributed by atoms with Crippen LogP contribution >= 0.6 is 0 Å². The van der Waals surface area contributed by atoms with Crippen molar-refractivity contribution >= 4 is 0 Å². The average Bonchev–Trinajstić information content (AvgIpc) is 2.99. The Hall–Kier alpha value is -0.830. The molecule has 18 heavy (non-hydrogen) atoms. The molecule has 1 aromatic heterocycles. The van der Waals surface area contributed by atoms with Crippen LogP contribution in [0.3, 0.4) is 0 Å². The Kier molecular flexibility index (Phi) is 4.44. The first-order valence-corrected chi connectivity index (χ1v) is 7.43. The summed E-state index contributed by atoms with van der Waals surface area (Å²) >= 11 is 0. The van der Waals surface area contributed by atoms with E-state index in [9.17, 15) is 5.11 Å². The topological polar surface area (TPSA) is 38.0 Å². The highest BCUT2D eigenvalue weighted by molar-refractivity contribution is 5.04. The van der Waals surface area contributed by atoms with E-state index < -0.39 is 5.60 Å². The van der Waals surface area contributed by atoms with E-state index in [1.165, 1.54) is 25.7 Å². The first-order chi connectivity index (χ1) is 8.67. The smallest absolute Gasteiger partial charge is 0.0701 e. The summed E-state index contributed by atoms with van der Waals surface area (Å²) in [7, 11) is 0. The minimum Gasteiger partial charge on any atom is -0.389 e. The van der Waals surface area contributed by atoms with Crippen molar-refractivity contribution in [2.45, 2.75) is 76.9 Å². The van der Waals surface area contributed by atoms with E-state index in [4.69, 9.17) is 0 Å². The normalized spacial score (nSPS) is 20.2. The van der Waals surface area contributed by atoms with E-state index in [-0.39, 0.29) is 0 Å². The second-order valence-electron chi connectivity index (χ2n) is 5.73. The maximum atomic E-state index is 10.5. The van der Waals surface area contributed by atoms with Gasteiger partial charge in [-0.2, -0.15) is 5.10 Å². The summed E-state index contributed by atoms with van der Waals surface area (Å²) in [5.74, 6) is 0. The van der Waals surface area contributed by atoms with E-state index in [1.807, 2.05) is 0 Å². The van der Waals surface area contributed by atoms with Crippen LogP contribution in [0, 0.1) is 0 Å². The van der Waals surface area contributed by atoms with Crippen LogP contribution in [0.1, 0.15) is 70.5 Å². The third-order valence-corrected chi connectivity index (χ3v) is 4.25. The molecule has 1 saturated carbocycles. The lowest BCUT2D eigenvalue weighted by atomic mass is 9.90. The Bertz CT molecular complexity index is 368. The fraction of sp³-hybridized carbons (Fsp3) is 0.800. The van der Waals surface area contributed by atoms with Crippen molar-refractivity contribution in [2.75, 3.05) is 0 Å². The standard InChI is InChI=1S/C15H26N2O/c1-3-10-15(18,4-2)12-13-9-11-17(16-13)14-7-5-6-8-14/h9,11,14,18H,3-8,10,12H2,1-2H3. The molecular formula is C15H26N2O. The molecule has 0 bridgehead atoms. The molecule has 1 heterocycles. The lowest BCUT2D eigenvalue weighted by molar-refractivity contribution is 0.0260. The quantitative estimate of drug-likeness (QED) is 0.839. The van der Waals surface area contributed by atoms with Gasteiger partial charge in [0, 0.05) is 12.6 Å². The van der Waals surface area contributed by atoms with Gasteiger partial charge in [-0.15, -0.1) is 0 Å². The van der Waals surface area contributed by atoms with Crippen LogP contribution < -0.4 is 0 Å². The van der Waals surface area contributed by atoms with Gasteiger partial charge in [-0.25, -0.2) is 0 Å². The van der Waals surface area contributed by atoms with Gasteiger partial charge in [-0.3, -0.25) is 4.68 Å². The summed E-state index contributed by atoms with van der Waals surface area (Å²) in [6.45, 7) is 4.18. The molecule has 1 unspecified atom stereocenters. The van der Waals surface area contributed by atoms with Crippen LogP contribution in [-0.2, 0) is 6.42 Å². The second-order valence-corrected chi connectivity index (χ2v) is 5.73. The number of rotatable bonds is 6. The van der Waals surface area contributed by atoms with Crippen LogP contribution in [0.15, 0.2) is 12.3 Å². The molecule has 0 radical (unpaired) electrons. The maximum absolute atomic E-state index is 10.5. The van der Waals surface area contributed by atoms with Gasteiger partial charge >= 0.3 is 0 Å². The molecule has 2 rings (SSSR count). The van der Waals surface area contributed by atoms with E-state index >= 15 is 0 Å². The zero-order chi connectivity index (χ0) is 13.0. The molecule has 0 spiro atoms. The van der Waals surface area contributed by atoms with Crippen molar-refractivity contribution < 1.29 is 5.11 Å². The third-order valence-electron chi connectivity index (χ3n) is 4.25. The molecule has 3 nitrogen and oxygen atoms in total. The van der Waals surface area contributed by atoms with Gasteiger partial charge in [0.25, 0.3) is 0 Å². The highest BCUT2D eigenvalue weighted by atomic mass is 16.3. The van der Waals surface area contributed by atoms with Crippen LogP contribution in [0.4, 0.5) is 0 Å². The van der Waals surface area contributed by atoms with Crippen molar-refractivity contribution in [3.63, 3.8) is 0 Å². The molecule has 0 aromatic carbocycles. The number of hydrogen-bond donors (Lipinski definition) is 1. The number of nitrogens with zero attached hydrogens (tertiary/aromatic N) is 2. The number of aliphatic hydroxyl groups is 1. The highest BCUT2D eigenvalue weighted by Crippen LogP contribution is 2.29. The SMILES string of the molecule is CCCC(O)(CC)Cc1ccn(C2CCCC2)n1. The van der Waals surface area contributed by atoms with Gasteiger partial charge in [0.1, 0.15) is 0 Å². The minimum atomic E-state index is -0.566. The molecule has 1 atom stereocenters. The number of hydrogen-bond acceptors (Lipinski definition) is 2. The predicted octanol–water partition coefficient (Wildman–Crippen LogP) is 3.48. The summed E-state index contributed by atoms with van der Waals surface area (Å²) in [5.41, 5.74) is 0.476. The highest BCUT2D eigenvalue weighted by Gasteiger charge is 2.26. The minimum absolute atomic E-state index is 0.566. The molecular weight excluding hydrogens is 224 g/mol. The largest absolute Gasteiger partial charge is 0.389 e. The maximum Gasteiger partial charge on any atom is 0.0701 e. The lowest BCUT2D eigenvalue weighted by Gasteiger charge is -2.25. The fourth-order valence-electron chi connectivity index (χ4n) is 3.04. The molecule has 1 N–H and O–H groups in total. The monoisotopic (exact) mass is 250 g/mol. The Labute approximate surface area is 110 Å². The van der Waals surface area contributed by atoms with Gasteiger partial charge in [0.2, 0.25) is 0 Å². The molecule has 102 valence electrons. The summed E-state index contributed by atoms with van der Waals surface area (Å²) in [6.07, 6.45) is 10.6. The van der Waals surface area contributed by atoms with Gasteiger partial charge in [0.05, 0.1) is 17.3 Å². The molecule has 0 amide bonds. The third kappa shape index (κ3) is 3.14. The Balaban J connectivity index is 2.00. The summed E-state index contributed by atoms with van der Waals surface area (Å²) in [6, 6.07) is 2.67. The zero-order valence-electron chi connectivity index (χ0n) is 11.7. The molecule has 1 aliphatic rings. The second kappa shape index (κ2) is 5.87. The number of aromatic nitrogens is 2. The van der Waals surface area contributed by atoms with Crippen LogP contribution in [0.2, 0.25) is 0 Å². The summed E-state index contributed by atoms with van der Waals surface area (Å²) < 4.78 is 2.12. The van der Waals surface area contributed by atoms with Crippen molar-refractivity contribution in [3.05, 3.63) is 18.0 Å². The molecule has 1 fully saturated rings. The van der Waals surface area contributed by atoms with Crippen molar-refractivity contribution in [1.82, 2.24) is 9.78 Å². The first kappa shape index (κ1) is 13.6. The summed E-state index contributed by atoms with van der Waals surface area (Å²) in [5, 5.41) is 15.2. The Morgan fingerprint density at radius 1 is 1.39 bits per heavy atom. The van der Waals surface area contributed by atoms with Gasteiger partial charge in [0.15, 0.2) is 0 Å². The van der Waals surface area contributed by atoms with Crippen molar-refractivity contribution in [1.29, 1.82) is 0 Å².